The van der Waals surface area contributed by atoms with Crippen molar-refractivity contribution >= 4 is 11.6 Å². The molecule has 0 saturated carbocycles. The van der Waals surface area contributed by atoms with Crippen molar-refractivity contribution < 1.29 is 18.0 Å². The van der Waals surface area contributed by atoms with E-state index in [1.165, 1.54) is 0 Å². The molecule has 1 amide bonds. The predicted octanol–water partition coefficient (Wildman–Crippen LogP) is 1.47. The number of halogens is 3. The molecule has 1 aromatic heterocycles. The summed E-state index contributed by atoms with van der Waals surface area (Å²) in [7, 11) is 0. The number of rotatable bonds is 2. The number of H-pyrrole nitrogens is 1. The van der Waals surface area contributed by atoms with Crippen LogP contribution >= 0.6 is 0 Å². The van der Waals surface area contributed by atoms with Gasteiger partial charge in [0.2, 0.25) is 5.91 Å². The highest BCUT2D eigenvalue weighted by molar-refractivity contribution is 5.94. The van der Waals surface area contributed by atoms with Crippen LogP contribution in [0.1, 0.15) is 24.8 Å². The van der Waals surface area contributed by atoms with E-state index in [1.807, 2.05) is 4.98 Å². The third-order valence-electron chi connectivity index (χ3n) is 3.12. The smallest absolute Gasteiger partial charge is 0.327 e. The quantitative estimate of drug-likeness (QED) is 0.772. The van der Waals surface area contributed by atoms with Crippen LogP contribution in [-0.2, 0) is 11.0 Å². The standard InChI is InChI=1S/C12H14F3N3O2/c13-12(14,15)7-5-9(10(19)17-6-7)18-11(20)8-3-1-2-4-16-8/h5-6,8,16H,1-4H2,(H,17,19)(H,18,20). The van der Waals surface area contributed by atoms with E-state index in [9.17, 15) is 22.8 Å². The van der Waals surface area contributed by atoms with E-state index in [0.717, 1.165) is 12.8 Å². The number of anilines is 1. The maximum Gasteiger partial charge on any atom is 0.417 e. The Labute approximate surface area is 112 Å². The molecule has 1 unspecified atom stereocenters. The Bertz CT molecular complexity index is 548. The molecule has 1 aliphatic heterocycles. The summed E-state index contributed by atoms with van der Waals surface area (Å²) in [6, 6.07) is 0.164. The van der Waals surface area contributed by atoms with Crippen LogP contribution in [0.25, 0.3) is 0 Å². The van der Waals surface area contributed by atoms with Gasteiger partial charge in [-0.15, -0.1) is 0 Å². The molecule has 1 fully saturated rings. The van der Waals surface area contributed by atoms with E-state index >= 15 is 0 Å². The maximum atomic E-state index is 12.5. The summed E-state index contributed by atoms with van der Waals surface area (Å²) in [4.78, 5) is 25.3. The lowest BCUT2D eigenvalue weighted by Gasteiger charge is -2.22. The molecule has 2 heterocycles. The van der Waals surface area contributed by atoms with E-state index < -0.39 is 34.9 Å². The Morgan fingerprint density at radius 2 is 2.10 bits per heavy atom. The summed E-state index contributed by atoms with van der Waals surface area (Å²) in [6.45, 7) is 0.678. The number of nitrogens with one attached hydrogen (secondary N) is 3. The van der Waals surface area contributed by atoms with Crippen molar-refractivity contribution in [3.05, 3.63) is 28.2 Å². The third-order valence-corrected chi connectivity index (χ3v) is 3.12. The number of carbonyl (C=O) groups is 1. The Hall–Kier alpha value is -1.83. The van der Waals surface area contributed by atoms with Crippen molar-refractivity contribution in [2.24, 2.45) is 0 Å². The lowest BCUT2D eigenvalue weighted by Crippen LogP contribution is -2.44. The highest BCUT2D eigenvalue weighted by atomic mass is 19.4. The molecule has 1 atom stereocenters. The number of aromatic nitrogens is 1. The first-order valence-corrected chi connectivity index (χ1v) is 6.22. The van der Waals surface area contributed by atoms with Crippen molar-refractivity contribution in [3.63, 3.8) is 0 Å². The minimum Gasteiger partial charge on any atom is -0.327 e. The van der Waals surface area contributed by atoms with Gasteiger partial charge in [0.25, 0.3) is 5.56 Å². The van der Waals surface area contributed by atoms with Crippen molar-refractivity contribution in [3.8, 4) is 0 Å². The number of carbonyl (C=O) groups excluding carboxylic acids is 1. The fraction of sp³-hybridized carbons (Fsp3) is 0.500. The third kappa shape index (κ3) is 3.38. The molecule has 3 N–H and O–H groups in total. The summed E-state index contributed by atoms with van der Waals surface area (Å²) in [5.74, 6) is -0.491. The Kier molecular flexibility index (Phi) is 4.12. The average Bonchev–Trinajstić information content (AvgIpc) is 2.41. The van der Waals surface area contributed by atoms with Crippen molar-refractivity contribution in [2.45, 2.75) is 31.5 Å². The van der Waals surface area contributed by atoms with Gasteiger partial charge in [0.05, 0.1) is 11.6 Å². The van der Waals surface area contributed by atoms with Gasteiger partial charge in [-0.25, -0.2) is 0 Å². The number of alkyl halides is 3. The van der Waals surface area contributed by atoms with Gasteiger partial charge in [0, 0.05) is 6.20 Å². The predicted molar refractivity (Wildman–Crippen MR) is 66.3 cm³/mol. The van der Waals surface area contributed by atoms with Gasteiger partial charge in [-0.3, -0.25) is 9.59 Å². The number of amides is 1. The molecular formula is C12H14F3N3O2. The highest BCUT2D eigenvalue weighted by Gasteiger charge is 2.32. The van der Waals surface area contributed by atoms with Crippen LogP contribution in [0.15, 0.2) is 17.1 Å². The number of piperidine rings is 1. The zero-order chi connectivity index (χ0) is 14.8. The van der Waals surface area contributed by atoms with Gasteiger partial charge in [-0.05, 0) is 25.5 Å². The second kappa shape index (κ2) is 5.66. The van der Waals surface area contributed by atoms with Gasteiger partial charge in [0.15, 0.2) is 0 Å². The van der Waals surface area contributed by atoms with E-state index in [0.29, 0.717) is 25.2 Å². The molecule has 1 aliphatic rings. The summed E-state index contributed by atoms with van der Waals surface area (Å²) in [6.07, 6.45) is -1.58. The van der Waals surface area contributed by atoms with E-state index in [1.54, 1.807) is 0 Å². The molecule has 0 aliphatic carbocycles. The first-order chi connectivity index (χ1) is 9.38. The zero-order valence-electron chi connectivity index (χ0n) is 10.5. The second-order valence-corrected chi connectivity index (χ2v) is 4.62. The zero-order valence-corrected chi connectivity index (χ0v) is 10.5. The number of hydrogen-bond acceptors (Lipinski definition) is 3. The molecule has 0 spiro atoms. The maximum absolute atomic E-state index is 12.5. The topological polar surface area (TPSA) is 74.0 Å². The van der Waals surface area contributed by atoms with Crippen molar-refractivity contribution in [1.29, 1.82) is 0 Å². The molecule has 110 valence electrons. The molecule has 0 bridgehead atoms. The summed E-state index contributed by atoms with van der Waals surface area (Å²) in [5.41, 5.74) is -2.16. The molecule has 0 aromatic carbocycles. The molecule has 5 nitrogen and oxygen atoms in total. The van der Waals surface area contributed by atoms with Crippen LogP contribution < -0.4 is 16.2 Å². The van der Waals surface area contributed by atoms with Gasteiger partial charge in [0.1, 0.15) is 5.69 Å². The molecule has 20 heavy (non-hydrogen) atoms. The monoisotopic (exact) mass is 289 g/mol. The fourth-order valence-electron chi connectivity index (χ4n) is 2.04. The summed E-state index contributed by atoms with van der Waals surface area (Å²) < 4.78 is 37.6. The van der Waals surface area contributed by atoms with E-state index in [2.05, 4.69) is 10.6 Å². The molecule has 0 radical (unpaired) electrons. The van der Waals surface area contributed by atoms with Gasteiger partial charge >= 0.3 is 6.18 Å². The van der Waals surface area contributed by atoms with Crippen LogP contribution in [0.4, 0.5) is 18.9 Å². The molecular weight excluding hydrogens is 275 g/mol. The number of aromatic amines is 1. The molecule has 1 saturated heterocycles. The van der Waals surface area contributed by atoms with Crippen LogP contribution in [-0.4, -0.2) is 23.5 Å². The average molecular weight is 289 g/mol. The van der Waals surface area contributed by atoms with Crippen LogP contribution in [0.3, 0.4) is 0 Å². The summed E-state index contributed by atoms with van der Waals surface area (Å²) in [5, 5.41) is 5.20. The molecule has 8 heteroatoms. The van der Waals surface area contributed by atoms with Crippen molar-refractivity contribution in [2.75, 3.05) is 11.9 Å². The minimum atomic E-state index is -4.58. The van der Waals surface area contributed by atoms with Crippen LogP contribution in [0, 0.1) is 0 Å². The Balaban J connectivity index is 2.16. The number of pyridine rings is 1. The van der Waals surface area contributed by atoms with Gasteiger partial charge in [-0.2, -0.15) is 13.2 Å². The highest BCUT2D eigenvalue weighted by Crippen LogP contribution is 2.29. The second-order valence-electron chi connectivity index (χ2n) is 4.62. The van der Waals surface area contributed by atoms with Crippen molar-refractivity contribution in [1.82, 2.24) is 10.3 Å². The normalized spacial score (nSPS) is 19.6. The Morgan fingerprint density at radius 1 is 1.35 bits per heavy atom. The largest absolute Gasteiger partial charge is 0.417 e. The van der Waals surface area contributed by atoms with Gasteiger partial charge < -0.3 is 15.6 Å². The van der Waals surface area contributed by atoms with E-state index in [-0.39, 0.29) is 0 Å². The number of hydrogen-bond donors (Lipinski definition) is 3. The Morgan fingerprint density at radius 3 is 2.70 bits per heavy atom. The lowest BCUT2D eigenvalue weighted by molar-refractivity contribution is -0.137. The first kappa shape index (κ1) is 14.6. The SMILES string of the molecule is O=C(Nc1cc(C(F)(F)F)c[nH]c1=O)C1CCCCN1. The molecule has 2 rings (SSSR count). The lowest BCUT2D eigenvalue weighted by atomic mass is 10.0. The summed E-state index contributed by atoms with van der Waals surface area (Å²) >= 11 is 0. The van der Waals surface area contributed by atoms with Crippen LogP contribution in [0.2, 0.25) is 0 Å². The fourth-order valence-corrected chi connectivity index (χ4v) is 2.04. The minimum absolute atomic E-state index is 0.391. The molecule has 1 aromatic rings. The van der Waals surface area contributed by atoms with E-state index in [4.69, 9.17) is 0 Å². The van der Waals surface area contributed by atoms with Crippen LogP contribution in [0.5, 0.6) is 0 Å². The first-order valence-electron chi connectivity index (χ1n) is 6.22. The van der Waals surface area contributed by atoms with Gasteiger partial charge in [-0.1, -0.05) is 6.42 Å².